The predicted octanol–water partition coefficient (Wildman–Crippen LogP) is 4.71. The number of carbonyl (C=O) groups is 1. The fourth-order valence-electron chi connectivity index (χ4n) is 2.68. The molecular formula is C20H16O4. The normalized spacial score (nSPS) is 10.3. The summed E-state index contributed by atoms with van der Waals surface area (Å²) >= 11 is 0. The van der Waals surface area contributed by atoms with Gasteiger partial charge in [0.05, 0.1) is 0 Å². The molecule has 3 aromatic rings. The molecule has 0 unspecified atom stereocenters. The van der Waals surface area contributed by atoms with Crippen molar-refractivity contribution in [2.45, 2.75) is 6.42 Å². The molecule has 0 fully saturated rings. The van der Waals surface area contributed by atoms with Gasteiger partial charge < -0.3 is 14.9 Å². The maximum absolute atomic E-state index is 11.0. The Balaban J connectivity index is 2.13. The Morgan fingerprint density at radius 3 is 2.29 bits per heavy atom. The average molecular weight is 320 g/mol. The number of ether oxygens (including phenoxy) is 1. The monoisotopic (exact) mass is 320 g/mol. The molecule has 0 amide bonds. The summed E-state index contributed by atoms with van der Waals surface area (Å²) in [5, 5.41) is 19.1. The van der Waals surface area contributed by atoms with Gasteiger partial charge in [-0.1, -0.05) is 60.7 Å². The lowest BCUT2D eigenvalue weighted by Crippen LogP contribution is -2.06. The summed E-state index contributed by atoms with van der Waals surface area (Å²) in [7, 11) is 0. The van der Waals surface area contributed by atoms with Crippen LogP contribution in [0.1, 0.15) is 11.1 Å². The quantitative estimate of drug-likeness (QED) is 0.540. The van der Waals surface area contributed by atoms with Crippen molar-refractivity contribution in [3.63, 3.8) is 0 Å². The van der Waals surface area contributed by atoms with Gasteiger partial charge in [-0.2, -0.15) is 0 Å². The largest absolute Gasteiger partial charge is 0.511 e. The minimum Gasteiger partial charge on any atom is -0.508 e. The summed E-state index contributed by atoms with van der Waals surface area (Å²) in [6.45, 7) is 0. The van der Waals surface area contributed by atoms with Gasteiger partial charge in [0.1, 0.15) is 11.5 Å². The number of phenolic OH excluding ortho intramolecular Hbond substituents is 1. The molecule has 0 aromatic heterocycles. The highest BCUT2D eigenvalue weighted by atomic mass is 16.7. The van der Waals surface area contributed by atoms with Crippen LogP contribution < -0.4 is 4.74 Å². The van der Waals surface area contributed by atoms with E-state index in [0.717, 1.165) is 11.1 Å². The molecule has 3 aromatic carbocycles. The lowest BCUT2D eigenvalue weighted by atomic mass is 9.94. The zero-order chi connectivity index (χ0) is 16.9. The van der Waals surface area contributed by atoms with Crippen LogP contribution in [0.5, 0.6) is 11.5 Å². The van der Waals surface area contributed by atoms with E-state index in [1.807, 2.05) is 48.5 Å². The van der Waals surface area contributed by atoms with E-state index < -0.39 is 6.16 Å². The summed E-state index contributed by atoms with van der Waals surface area (Å²) in [6, 6.07) is 22.0. The molecule has 24 heavy (non-hydrogen) atoms. The number of phenols is 1. The zero-order valence-electron chi connectivity index (χ0n) is 12.8. The molecule has 0 bridgehead atoms. The van der Waals surface area contributed by atoms with E-state index in [4.69, 9.17) is 9.84 Å². The lowest BCUT2D eigenvalue weighted by Gasteiger charge is -2.15. The zero-order valence-corrected chi connectivity index (χ0v) is 12.8. The second kappa shape index (κ2) is 6.87. The highest BCUT2D eigenvalue weighted by Crippen LogP contribution is 2.34. The second-order valence-electron chi connectivity index (χ2n) is 5.32. The maximum atomic E-state index is 11.0. The van der Waals surface area contributed by atoms with Gasteiger partial charge in [-0.25, -0.2) is 4.79 Å². The molecular weight excluding hydrogens is 304 g/mol. The fraction of sp³-hybridized carbons (Fsp3) is 0.0500. The molecule has 0 spiro atoms. The van der Waals surface area contributed by atoms with Crippen molar-refractivity contribution < 1.29 is 19.7 Å². The van der Waals surface area contributed by atoms with Crippen molar-refractivity contribution in [2.75, 3.05) is 0 Å². The first-order chi connectivity index (χ1) is 11.6. The van der Waals surface area contributed by atoms with Crippen molar-refractivity contribution in [3.8, 4) is 22.6 Å². The first kappa shape index (κ1) is 15.6. The third-order valence-corrected chi connectivity index (χ3v) is 3.77. The third kappa shape index (κ3) is 3.38. The van der Waals surface area contributed by atoms with Crippen LogP contribution in [-0.2, 0) is 6.42 Å². The van der Waals surface area contributed by atoms with Crippen LogP contribution in [0, 0.1) is 0 Å². The SMILES string of the molecule is O=C(O)Oc1cccc(-c2ccccc2)c1Cc1ccccc1O. The molecule has 0 radical (unpaired) electrons. The molecule has 2 N–H and O–H groups in total. The molecule has 120 valence electrons. The predicted molar refractivity (Wildman–Crippen MR) is 91.4 cm³/mol. The van der Waals surface area contributed by atoms with Crippen molar-refractivity contribution in [3.05, 3.63) is 83.9 Å². The van der Waals surface area contributed by atoms with Crippen molar-refractivity contribution in [1.29, 1.82) is 0 Å². The molecule has 0 heterocycles. The van der Waals surface area contributed by atoms with Crippen LogP contribution >= 0.6 is 0 Å². The van der Waals surface area contributed by atoms with Crippen LogP contribution in [0.3, 0.4) is 0 Å². The fourth-order valence-corrected chi connectivity index (χ4v) is 2.68. The number of hydrogen-bond donors (Lipinski definition) is 2. The minimum absolute atomic E-state index is 0.168. The topological polar surface area (TPSA) is 66.8 Å². The average Bonchev–Trinajstić information content (AvgIpc) is 2.58. The van der Waals surface area contributed by atoms with Gasteiger partial charge in [-0.15, -0.1) is 0 Å². The molecule has 4 nitrogen and oxygen atoms in total. The Morgan fingerprint density at radius 1 is 0.875 bits per heavy atom. The number of rotatable bonds is 4. The molecule has 0 aliphatic carbocycles. The van der Waals surface area contributed by atoms with Crippen LogP contribution in [0.25, 0.3) is 11.1 Å². The Hall–Kier alpha value is -3.27. The Kier molecular flexibility index (Phi) is 4.47. The van der Waals surface area contributed by atoms with E-state index in [1.54, 1.807) is 24.3 Å². The maximum Gasteiger partial charge on any atom is 0.511 e. The third-order valence-electron chi connectivity index (χ3n) is 3.77. The molecule has 4 heteroatoms. The molecule has 0 atom stereocenters. The van der Waals surface area contributed by atoms with Crippen LogP contribution in [-0.4, -0.2) is 16.4 Å². The minimum atomic E-state index is -1.36. The van der Waals surface area contributed by atoms with Crippen LogP contribution in [0.15, 0.2) is 72.8 Å². The van der Waals surface area contributed by atoms with Gasteiger partial charge in [0, 0.05) is 12.0 Å². The Labute approximate surface area is 139 Å². The van der Waals surface area contributed by atoms with Gasteiger partial charge in [-0.3, -0.25) is 0 Å². The van der Waals surface area contributed by atoms with Gasteiger partial charge in [0.25, 0.3) is 0 Å². The molecule has 0 aliphatic heterocycles. The number of hydrogen-bond acceptors (Lipinski definition) is 3. The van der Waals surface area contributed by atoms with Crippen LogP contribution in [0.4, 0.5) is 4.79 Å². The molecule has 0 saturated heterocycles. The van der Waals surface area contributed by atoms with E-state index in [1.165, 1.54) is 0 Å². The van der Waals surface area contributed by atoms with E-state index >= 15 is 0 Å². The second-order valence-corrected chi connectivity index (χ2v) is 5.32. The molecule has 0 saturated carbocycles. The van der Waals surface area contributed by atoms with E-state index in [0.29, 0.717) is 17.5 Å². The first-order valence-corrected chi connectivity index (χ1v) is 7.50. The van der Waals surface area contributed by atoms with Gasteiger partial charge in [0.15, 0.2) is 0 Å². The van der Waals surface area contributed by atoms with E-state index in [2.05, 4.69) is 0 Å². The summed E-state index contributed by atoms with van der Waals surface area (Å²) in [6.07, 6.45) is -1.00. The van der Waals surface area contributed by atoms with Crippen molar-refractivity contribution >= 4 is 6.16 Å². The summed E-state index contributed by atoms with van der Waals surface area (Å²) in [4.78, 5) is 11.0. The first-order valence-electron chi connectivity index (χ1n) is 7.50. The summed E-state index contributed by atoms with van der Waals surface area (Å²) < 4.78 is 4.95. The number of carboxylic acid groups (broad SMARTS) is 1. The Bertz CT molecular complexity index is 857. The number of benzene rings is 3. The summed E-state index contributed by atoms with van der Waals surface area (Å²) in [5.74, 6) is 0.439. The number of aromatic hydroxyl groups is 1. The molecule has 3 rings (SSSR count). The van der Waals surface area contributed by atoms with Gasteiger partial charge in [-0.05, 0) is 28.8 Å². The number of para-hydroxylation sites is 1. The van der Waals surface area contributed by atoms with E-state index in [9.17, 15) is 9.90 Å². The van der Waals surface area contributed by atoms with Gasteiger partial charge >= 0.3 is 6.16 Å². The standard InChI is InChI=1S/C20H16O4/c21-18-11-5-4-9-15(18)13-17-16(14-7-2-1-3-8-14)10-6-12-19(17)24-20(22)23/h1-12,21H,13H2,(H,22,23). The Morgan fingerprint density at radius 2 is 1.58 bits per heavy atom. The van der Waals surface area contributed by atoms with Crippen molar-refractivity contribution in [2.24, 2.45) is 0 Å². The van der Waals surface area contributed by atoms with Crippen molar-refractivity contribution in [1.82, 2.24) is 0 Å². The lowest BCUT2D eigenvalue weighted by molar-refractivity contribution is 0.144. The summed E-state index contributed by atoms with van der Waals surface area (Å²) in [5.41, 5.74) is 3.25. The van der Waals surface area contributed by atoms with E-state index in [-0.39, 0.29) is 11.5 Å². The highest BCUT2D eigenvalue weighted by Gasteiger charge is 2.15. The van der Waals surface area contributed by atoms with Gasteiger partial charge in [0.2, 0.25) is 0 Å². The van der Waals surface area contributed by atoms with Crippen LogP contribution in [0.2, 0.25) is 0 Å². The highest BCUT2D eigenvalue weighted by molar-refractivity contribution is 5.73. The smallest absolute Gasteiger partial charge is 0.508 e. The molecule has 0 aliphatic rings.